The van der Waals surface area contributed by atoms with Gasteiger partial charge in [0.1, 0.15) is 11.6 Å². The van der Waals surface area contributed by atoms with Crippen molar-refractivity contribution in [2.75, 3.05) is 0 Å². The average molecular weight is 311 g/mol. The molecule has 1 N–H and O–H groups in total. The Morgan fingerprint density at radius 2 is 1.90 bits per heavy atom. The van der Waals surface area contributed by atoms with E-state index in [1.165, 1.54) is 12.1 Å². The highest BCUT2D eigenvalue weighted by molar-refractivity contribution is 7.85. The third kappa shape index (κ3) is 2.62. The summed E-state index contributed by atoms with van der Waals surface area (Å²) in [5.41, 5.74) is 1.19. The van der Waals surface area contributed by atoms with Gasteiger partial charge in [0.05, 0.1) is 0 Å². The lowest BCUT2D eigenvalue weighted by Gasteiger charge is -2.21. The van der Waals surface area contributed by atoms with Crippen LogP contribution in [0.15, 0.2) is 30.3 Å². The molecule has 2 aromatic rings. The lowest BCUT2D eigenvalue weighted by molar-refractivity contribution is 0.452. The third-order valence-corrected chi connectivity index (χ3v) is 4.06. The second-order valence-corrected chi connectivity index (χ2v) is 6.15. The maximum atomic E-state index is 14.1. The van der Waals surface area contributed by atoms with Gasteiger partial charge in [-0.2, -0.15) is 13.1 Å². The Morgan fingerprint density at radius 3 is 2.62 bits per heavy atom. The van der Waals surface area contributed by atoms with Crippen LogP contribution in [0.5, 0.6) is 5.75 Å². The van der Waals surface area contributed by atoms with Crippen LogP contribution in [-0.4, -0.2) is 8.42 Å². The molecule has 1 heterocycles. The van der Waals surface area contributed by atoms with Crippen LogP contribution in [0.4, 0.5) is 8.78 Å². The summed E-state index contributed by atoms with van der Waals surface area (Å²) in [4.78, 5) is 0. The number of hydrogen-bond acceptors (Lipinski definition) is 3. The van der Waals surface area contributed by atoms with E-state index in [0.717, 1.165) is 12.1 Å². The van der Waals surface area contributed by atoms with Crippen molar-refractivity contribution in [3.63, 3.8) is 0 Å². The number of aryl methyl sites for hydroxylation is 1. The molecule has 0 bridgehead atoms. The predicted molar refractivity (Wildman–Crippen MR) is 72.9 cm³/mol. The van der Waals surface area contributed by atoms with E-state index in [0.29, 0.717) is 11.1 Å². The Hall–Kier alpha value is -1.99. The Bertz CT molecular complexity index is 834. The summed E-state index contributed by atoms with van der Waals surface area (Å²) in [6.07, 6.45) is 0. The molecule has 0 amide bonds. The predicted octanol–water partition coefficient (Wildman–Crippen LogP) is 2.67. The lowest BCUT2D eigenvalue weighted by atomic mass is 9.99. The highest BCUT2D eigenvalue weighted by Gasteiger charge is 2.26. The van der Waals surface area contributed by atoms with Crippen LogP contribution < -0.4 is 8.91 Å². The van der Waals surface area contributed by atoms with Gasteiger partial charge in [-0.1, -0.05) is 12.1 Å². The number of benzene rings is 2. The normalized spacial score (nSPS) is 16.1. The topological polar surface area (TPSA) is 55.4 Å². The molecule has 21 heavy (non-hydrogen) atoms. The number of nitrogens with one attached hydrogen (secondary N) is 1. The fourth-order valence-corrected chi connectivity index (χ4v) is 3.03. The van der Waals surface area contributed by atoms with Gasteiger partial charge in [-0.25, -0.2) is 8.78 Å². The number of fused-ring (bicyclic) bond motifs is 1. The molecule has 0 saturated heterocycles. The summed E-state index contributed by atoms with van der Waals surface area (Å²) >= 11 is 0. The van der Waals surface area contributed by atoms with E-state index in [9.17, 15) is 17.2 Å². The van der Waals surface area contributed by atoms with E-state index in [4.69, 9.17) is 4.18 Å². The summed E-state index contributed by atoms with van der Waals surface area (Å²) < 4.78 is 57.8. The minimum Gasteiger partial charge on any atom is -0.370 e. The number of rotatable bonds is 1. The van der Waals surface area contributed by atoms with E-state index in [1.54, 1.807) is 13.0 Å². The van der Waals surface area contributed by atoms with Gasteiger partial charge in [-0.05, 0) is 30.7 Å². The zero-order valence-corrected chi connectivity index (χ0v) is 11.8. The van der Waals surface area contributed by atoms with Crippen LogP contribution in [0.3, 0.4) is 0 Å². The molecule has 7 heteroatoms. The molecule has 0 fully saturated rings. The molecule has 0 unspecified atom stereocenters. The smallest absolute Gasteiger partial charge is 0.370 e. The molecule has 0 spiro atoms. The Labute approximate surface area is 120 Å². The van der Waals surface area contributed by atoms with E-state index >= 15 is 0 Å². The third-order valence-electron chi connectivity index (χ3n) is 3.18. The van der Waals surface area contributed by atoms with E-state index in [-0.39, 0.29) is 23.4 Å². The van der Waals surface area contributed by atoms with Crippen LogP contribution in [0.1, 0.15) is 11.1 Å². The first-order chi connectivity index (χ1) is 9.85. The van der Waals surface area contributed by atoms with Crippen molar-refractivity contribution in [1.29, 1.82) is 0 Å². The molecule has 1 aliphatic heterocycles. The molecule has 2 aromatic carbocycles. The largest absolute Gasteiger partial charge is 0.382 e. The van der Waals surface area contributed by atoms with E-state index in [2.05, 4.69) is 4.72 Å². The molecule has 0 saturated carbocycles. The molecule has 0 aromatic heterocycles. The molecule has 0 atom stereocenters. The summed E-state index contributed by atoms with van der Waals surface area (Å²) in [7, 11) is -3.96. The Balaban J connectivity index is 2.25. The molecule has 110 valence electrons. The highest BCUT2D eigenvalue weighted by Crippen LogP contribution is 2.38. The van der Waals surface area contributed by atoms with Gasteiger partial charge in [-0.3, -0.25) is 0 Å². The maximum absolute atomic E-state index is 14.1. The standard InChI is InChI=1S/C14H11F2NO3S/c1-8-2-3-11(13(16)4-8)12-6-10(15)5-9-7-17-21(18,19)20-14(9)12/h2-6,17H,7H2,1H3. The first-order valence-electron chi connectivity index (χ1n) is 6.14. The van der Waals surface area contributed by atoms with Crippen molar-refractivity contribution in [3.8, 4) is 16.9 Å². The minimum absolute atomic E-state index is 0.0436. The first kappa shape index (κ1) is 14.0. The quantitative estimate of drug-likeness (QED) is 0.881. The van der Waals surface area contributed by atoms with Gasteiger partial charge in [0.2, 0.25) is 0 Å². The second-order valence-electron chi connectivity index (χ2n) is 4.78. The van der Waals surface area contributed by atoms with Gasteiger partial charge >= 0.3 is 10.3 Å². The number of hydrogen-bond donors (Lipinski definition) is 1. The van der Waals surface area contributed by atoms with Crippen LogP contribution in [-0.2, 0) is 16.8 Å². The van der Waals surface area contributed by atoms with Gasteiger partial charge in [-0.15, -0.1) is 0 Å². The van der Waals surface area contributed by atoms with Crippen LogP contribution in [0.2, 0.25) is 0 Å². The Morgan fingerprint density at radius 1 is 1.14 bits per heavy atom. The van der Waals surface area contributed by atoms with Crippen molar-refractivity contribution in [2.24, 2.45) is 0 Å². The summed E-state index contributed by atoms with van der Waals surface area (Å²) in [5.74, 6) is -1.20. The van der Waals surface area contributed by atoms with Crippen molar-refractivity contribution >= 4 is 10.3 Å². The fourth-order valence-electron chi connectivity index (χ4n) is 2.22. The van der Waals surface area contributed by atoms with Gasteiger partial charge in [0.15, 0.2) is 5.75 Å². The molecular weight excluding hydrogens is 300 g/mol. The second kappa shape index (κ2) is 4.78. The van der Waals surface area contributed by atoms with Crippen molar-refractivity contribution in [1.82, 2.24) is 4.72 Å². The van der Waals surface area contributed by atoms with Gasteiger partial charge in [0.25, 0.3) is 0 Å². The summed E-state index contributed by atoms with van der Waals surface area (Å²) in [6, 6.07) is 6.64. The average Bonchev–Trinajstić information content (AvgIpc) is 2.38. The fraction of sp³-hybridized carbons (Fsp3) is 0.143. The van der Waals surface area contributed by atoms with Gasteiger partial charge in [0, 0.05) is 23.2 Å². The minimum atomic E-state index is -3.96. The summed E-state index contributed by atoms with van der Waals surface area (Å²) in [5, 5.41) is 0. The van der Waals surface area contributed by atoms with Crippen molar-refractivity contribution in [2.45, 2.75) is 13.5 Å². The Kier molecular flexibility index (Phi) is 3.18. The highest BCUT2D eigenvalue weighted by atomic mass is 32.2. The summed E-state index contributed by atoms with van der Waals surface area (Å²) in [6.45, 7) is 1.62. The van der Waals surface area contributed by atoms with E-state index in [1.807, 2.05) is 0 Å². The van der Waals surface area contributed by atoms with E-state index < -0.39 is 21.9 Å². The number of halogens is 2. The molecular formula is C14H11F2NO3S. The molecule has 3 rings (SSSR count). The maximum Gasteiger partial charge on any atom is 0.382 e. The van der Waals surface area contributed by atoms with Gasteiger partial charge < -0.3 is 4.18 Å². The van der Waals surface area contributed by atoms with Crippen LogP contribution >= 0.6 is 0 Å². The monoisotopic (exact) mass is 311 g/mol. The SMILES string of the molecule is Cc1ccc(-c2cc(F)cc3c2OS(=O)(=O)NC3)c(F)c1. The van der Waals surface area contributed by atoms with Crippen molar-refractivity contribution < 1.29 is 21.4 Å². The molecule has 0 aliphatic carbocycles. The lowest BCUT2D eigenvalue weighted by Crippen LogP contribution is -2.32. The molecule has 4 nitrogen and oxygen atoms in total. The van der Waals surface area contributed by atoms with Crippen LogP contribution in [0.25, 0.3) is 11.1 Å². The first-order valence-corrected chi connectivity index (χ1v) is 7.54. The van der Waals surface area contributed by atoms with Crippen molar-refractivity contribution in [3.05, 3.63) is 53.1 Å². The molecule has 1 aliphatic rings. The molecule has 0 radical (unpaired) electrons. The van der Waals surface area contributed by atoms with Crippen LogP contribution in [0, 0.1) is 18.6 Å². The zero-order valence-electron chi connectivity index (χ0n) is 11.0. The zero-order chi connectivity index (χ0) is 15.2.